The Morgan fingerprint density at radius 1 is 1.24 bits per heavy atom. The lowest BCUT2D eigenvalue weighted by Crippen LogP contribution is -2.49. The molecule has 4 heteroatoms. The maximum Gasteiger partial charge on any atom is 0.0730 e. The van der Waals surface area contributed by atoms with Gasteiger partial charge in [0, 0.05) is 24.2 Å². The van der Waals surface area contributed by atoms with Crippen molar-refractivity contribution in [2.24, 2.45) is 0 Å². The topological polar surface area (TPSA) is 44.7 Å². The van der Waals surface area contributed by atoms with Gasteiger partial charge in [0.15, 0.2) is 0 Å². The van der Waals surface area contributed by atoms with E-state index in [2.05, 4.69) is 17.1 Å². The van der Waals surface area contributed by atoms with Crippen molar-refractivity contribution in [1.82, 2.24) is 10.2 Å². The first-order chi connectivity index (χ1) is 10.2. The van der Waals surface area contributed by atoms with E-state index in [1.54, 1.807) is 0 Å². The summed E-state index contributed by atoms with van der Waals surface area (Å²) in [6, 6.07) is 1.35. The van der Waals surface area contributed by atoms with Gasteiger partial charge in [-0.3, -0.25) is 4.90 Å². The van der Waals surface area contributed by atoms with Gasteiger partial charge in [0.25, 0.3) is 0 Å². The molecule has 0 radical (unpaired) electrons. The Morgan fingerprint density at radius 2 is 2.10 bits per heavy atom. The number of morpholine rings is 1. The van der Waals surface area contributed by atoms with Crippen LogP contribution in [0.1, 0.15) is 58.3 Å². The van der Waals surface area contributed by atoms with Crippen molar-refractivity contribution >= 4 is 0 Å². The molecular formula is C17H32N2O2. The predicted molar refractivity (Wildman–Crippen MR) is 84.5 cm³/mol. The Labute approximate surface area is 129 Å². The molecule has 3 unspecified atom stereocenters. The number of nitrogens with one attached hydrogen (secondary N) is 1. The minimum Gasteiger partial charge on any atom is -0.394 e. The van der Waals surface area contributed by atoms with E-state index in [4.69, 9.17) is 4.74 Å². The van der Waals surface area contributed by atoms with Crippen molar-refractivity contribution in [2.75, 3.05) is 26.3 Å². The molecule has 3 atom stereocenters. The Hall–Kier alpha value is -0.160. The van der Waals surface area contributed by atoms with Crippen molar-refractivity contribution in [3.8, 4) is 0 Å². The van der Waals surface area contributed by atoms with E-state index in [0.29, 0.717) is 18.2 Å². The fourth-order valence-electron chi connectivity index (χ4n) is 4.03. The van der Waals surface area contributed by atoms with Gasteiger partial charge in [-0.05, 0) is 58.4 Å². The van der Waals surface area contributed by atoms with Crippen LogP contribution in [0.25, 0.3) is 0 Å². The molecule has 0 aromatic rings. The Morgan fingerprint density at radius 3 is 2.86 bits per heavy atom. The number of unbranched alkanes of at least 4 members (excludes halogenated alkanes) is 1. The Balaban J connectivity index is 1.37. The van der Waals surface area contributed by atoms with Gasteiger partial charge in [-0.15, -0.1) is 0 Å². The van der Waals surface area contributed by atoms with E-state index >= 15 is 0 Å². The second-order valence-corrected chi connectivity index (χ2v) is 7.54. The summed E-state index contributed by atoms with van der Waals surface area (Å²) in [5.74, 6) is 0. The molecule has 2 N–H and O–H groups in total. The van der Waals surface area contributed by atoms with Crippen LogP contribution in [0.3, 0.4) is 0 Å². The molecule has 2 aliphatic carbocycles. The molecule has 1 saturated heterocycles. The molecule has 122 valence electrons. The third-order valence-electron chi connectivity index (χ3n) is 5.50. The highest BCUT2D eigenvalue weighted by Crippen LogP contribution is 2.30. The zero-order valence-electron chi connectivity index (χ0n) is 13.5. The molecule has 0 bridgehead atoms. The van der Waals surface area contributed by atoms with Crippen LogP contribution < -0.4 is 5.32 Å². The standard InChI is InChI=1S/C17H32N2O2/c1-17(13-20,18-14-7-8-14)9-2-3-10-19-11-12-21-16-6-4-5-15(16)19/h14-16,18,20H,2-13H2,1H3. The number of nitrogens with zero attached hydrogens (tertiary/aromatic N) is 1. The first-order valence-corrected chi connectivity index (χ1v) is 8.94. The number of ether oxygens (including phenoxy) is 1. The zero-order chi connectivity index (χ0) is 14.7. The van der Waals surface area contributed by atoms with Gasteiger partial charge in [0.2, 0.25) is 0 Å². The van der Waals surface area contributed by atoms with E-state index < -0.39 is 0 Å². The second kappa shape index (κ2) is 6.95. The molecule has 4 nitrogen and oxygen atoms in total. The van der Waals surface area contributed by atoms with Gasteiger partial charge < -0.3 is 15.2 Å². The highest BCUT2D eigenvalue weighted by molar-refractivity contribution is 4.92. The monoisotopic (exact) mass is 296 g/mol. The molecule has 3 fully saturated rings. The first kappa shape index (κ1) is 15.7. The number of aliphatic hydroxyl groups is 1. The van der Waals surface area contributed by atoms with Gasteiger partial charge >= 0.3 is 0 Å². The molecule has 3 aliphatic rings. The molecule has 2 saturated carbocycles. The number of rotatable bonds is 8. The number of aliphatic hydroxyl groups excluding tert-OH is 1. The third kappa shape index (κ3) is 4.19. The van der Waals surface area contributed by atoms with Gasteiger partial charge in [-0.2, -0.15) is 0 Å². The lowest BCUT2D eigenvalue weighted by molar-refractivity contribution is -0.0559. The average Bonchev–Trinajstić information content (AvgIpc) is 3.16. The smallest absolute Gasteiger partial charge is 0.0730 e. The third-order valence-corrected chi connectivity index (χ3v) is 5.50. The van der Waals surface area contributed by atoms with Crippen LogP contribution in [0.2, 0.25) is 0 Å². The lowest BCUT2D eigenvalue weighted by Gasteiger charge is -2.38. The number of hydrogen-bond acceptors (Lipinski definition) is 4. The van der Waals surface area contributed by atoms with Crippen molar-refractivity contribution in [2.45, 2.75) is 82.0 Å². The summed E-state index contributed by atoms with van der Waals surface area (Å²) >= 11 is 0. The van der Waals surface area contributed by atoms with E-state index in [1.165, 1.54) is 51.5 Å². The SMILES string of the molecule is CC(CO)(CCCCN1CCOC2CCCC21)NC1CC1. The molecule has 0 aromatic heterocycles. The maximum absolute atomic E-state index is 9.64. The number of fused-ring (bicyclic) bond motifs is 1. The van der Waals surface area contributed by atoms with Crippen LogP contribution in [0.5, 0.6) is 0 Å². The maximum atomic E-state index is 9.64. The van der Waals surface area contributed by atoms with E-state index in [1.807, 2.05) is 0 Å². The molecule has 0 amide bonds. The largest absolute Gasteiger partial charge is 0.394 e. The van der Waals surface area contributed by atoms with Crippen LogP contribution in [0, 0.1) is 0 Å². The van der Waals surface area contributed by atoms with Gasteiger partial charge in [0.1, 0.15) is 0 Å². The average molecular weight is 296 g/mol. The van der Waals surface area contributed by atoms with Crippen LogP contribution in [0.15, 0.2) is 0 Å². The zero-order valence-corrected chi connectivity index (χ0v) is 13.5. The van der Waals surface area contributed by atoms with Crippen molar-refractivity contribution < 1.29 is 9.84 Å². The minimum atomic E-state index is -0.0674. The summed E-state index contributed by atoms with van der Waals surface area (Å²) in [6.07, 6.45) is 10.5. The van der Waals surface area contributed by atoms with Crippen LogP contribution in [-0.4, -0.2) is 60.0 Å². The molecule has 21 heavy (non-hydrogen) atoms. The van der Waals surface area contributed by atoms with Crippen molar-refractivity contribution in [1.29, 1.82) is 0 Å². The molecule has 0 spiro atoms. The summed E-state index contributed by atoms with van der Waals surface area (Å²) in [5.41, 5.74) is -0.0674. The normalized spacial score (nSPS) is 32.9. The summed E-state index contributed by atoms with van der Waals surface area (Å²) in [5, 5.41) is 13.3. The van der Waals surface area contributed by atoms with E-state index in [-0.39, 0.29) is 12.1 Å². The van der Waals surface area contributed by atoms with Gasteiger partial charge in [-0.1, -0.05) is 6.42 Å². The predicted octanol–water partition coefficient (Wildman–Crippen LogP) is 1.91. The quantitative estimate of drug-likeness (QED) is 0.672. The molecule has 1 heterocycles. The Bertz CT molecular complexity index is 335. The summed E-state index contributed by atoms with van der Waals surface area (Å²) < 4.78 is 5.88. The fourth-order valence-corrected chi connectivity index (χ4v) is 4.03. The van der Waals surface area contributed by atoms with Crippen LogP contribution in [0.4, 0.5) is 0 Å². The second-order valence-electron chi connectivity index (χ2n) is 7.54. The highest BCUT2D eigenvalue weighted by Gasteiger charge is 2.36. The fraction of sp³-hybridized carbons (Fsp3) is 1.00. The molecule has 1 aliphatic heterocycles. The summed E-state index contributed by atoms with van der Waals surface area (Å²) in [4.78, 5) is 2.66. The summed E-state index contributed by atoms with van der Waals surface area (Å²) in [6.45, 7) is 5.66. The highest BCUT2D eigenvalue weighted by atomic mass is 16.5. The number of hydrogen-bond donors (Lipinski definition) is 2. The van der Waals surface area contributed by atoms with Crippen molar-refractivity contribution in [3.63, 3.8) is 0 Å². The van der Waals surface area contributed by atoms with Gasteiger partial charge in [-0.25, -0.2) is 0 Å². The lowest BCUT2D eigenvalue weighted by atomic mass is 9.95. The minimum absolute atomic E-state index is 0.0674. The van der Waals surface area contributed by atoms with E-state index in [9.17, 15) is 5.11 Å². The Kier molecular flexibility index (Phi) is 5.20. The van der Waals surface area contributed by atoms with Crippen LogP contribution in [-0.2, 0) is 4.74 Å². The summed E-state index contributed by atoms with van der Waals surface area (Å²) in [7, 11) is 0. The van der Waals surface area contributed by atoms with Gasteiger partial charge in [0.05, 0.1) is 19.3 Å². The van der Waals surface area contributed by atoms with Crippen LogP contribution >= 0.6 is 0 Å². The molecule has 0 aromatic carbocycles. The molecular weight excluding hydrogens is 264 g/mol. The van der Waals surface area contributed by atoms with E-state index in [0.717, 1.165) is 19.6 Å². The van der Waals surface area contributed by atoms with Crippen molar-refractivity contribution in [3.05, 3.63) is 0 Å². The first-order valence-electron chi connectivity index (χ1n) is 8.94. The molecule has 3 rings (SSSR count).